The Kier molecular flexibility index (Phi) is 2.99. The van der Waals surface area contributed by atoms with Crippen molar-refractivity contribution in [3.63, 3.8) is 0 Å². The number of hydrogen-bond acceptors (Lipinski definition) is 1. The van der Waals surface area contributed by atoms with Crippen molar-refractivity contribution < 1.29 is 13.2 Å². The van der Waals surface area contributed by atoms with Crippen molar-refractivity contribution in [1.29, 1.82) is 0 Å². The van der Waals surface area contributed by atoms with Gasteiger partial charge in [0.15, 0.2) is 0 Å². The Morgan fingerprint density at radius 1 is 1.38 bits per heavy atom. The third kappa shape index (κ3) is 3.37. The van der Waals surface area contributed by atoms with Gasteiger partial charge in [-0.25, -0.2) is 0 Å². The van der Waals surface area contributed by atoms with E-state index in [1.54, 1.807) is 0 Å². The molecule has 0 saturated carbocycles. The van der Waals surface area contributed by atoms with Crippen molar-refractivity contribution in [2.75, 3.05) is 0 Å². The Morgan fingerprint density at radius 2 is 2.00 bits per heavy atom. The lowest BCUT2D eigenvalue weighted by Gasteiger charge is -2.04. The molecule has 13 heavy (non-hydrogen) atoms. The van der Waals surface area contributed by atoms with Crippen LogP contribution < -0.4 is 5.56 Å². The first-order chi connectivity index (χ1) is 5.88. The largest absolute Gasteiger partial charge is 0.393 e. The Morgan fingerprint density at radius 3 is 2.46 bits per heavy atom. The number of alkyl halides is 3. The van der Waals surface area contributed by atoms with E-state index in [0.29, 0.717) is 3.70 Å². The van der Waals surface area contributed by atoms with Gasteiger partial charge in [-0.15, -0.1) is 0 Å². The van der Waals surface area contributed by atoms with Crippen LogP contribution in [-0.4, -0.2) is 11.2 Å². The maximum absolute atomic E-state index is 11.9. The Bertz CT molecular complexity index is 357. The lowest BCUT2D eigenvalue weighted by atomic mass is 10.2. The number of halogens is 4. The van der Waals surface area contributed by atoms with Gasteiger partial charge in [-0.1, -0.05) is 6.07 Å². The average molecular weight is 303 g/mol. The maximum atomic E-state index is 11.9. The fourth-order valence-electron chi connectivity index (χ4n) is 0.835. The molecule has 0 radical (unpaired) electrons. The normalized spacial score (nSPS) is 11.7. The van der Waals surface area contributed by atoms with Crippen LogP contribution in [0.3, 0.4) is 0 Å². The Balaban J connectivity index is 2.98. The van der Waals surface area contributed by atoms with Crippen molar-refractivity contribution in [1.82, 2.24) is 4.98 Å². The van der Waals surface area contributed by atoms with Crippen LogP contribution in [0, 0.1) is 3.70 Å². The molecule has 1 N–H and O–H groups in total. The molecule has 0 spiro atoms. The zero-order chi connectivity index (χ0) is 10.1. The van der Waals surface area contributed by atoms with Gasteiger partial charge in [0.05, 0.1) is 10.1 Å². The third-order valence-corrected chi connectivity index (χ3v) is 1.98. The van der Waals surface area contributed by atoms with Crippen LogP contribution >= 0.6 is 22.6 Å². The second-order valence-electron chi connectivity index (χ2n) is 2.45. The summed E-state index contributed by atoms with van der Waals surface area (Å²) in [5.41, 5.74) is -0.933. The van der Waals surface area contributed by atoms with Crippen LogP contribution in [0.1, 0.15) is 5.56 Å². The molecule has 0 amide bonds. The van der Waals surface area contributed by atoms with E-state index in [9.17, 15) is 18.0 Å². The number of pyridine rings is 1. The summed E-state index contributed by atoms with van der Waals surface area (Å²) in [5, 5.41) is 0. The lowest BCUT2D eigenvalue weighted by Crippen LogP contribution is -2.20. The highest BCUT2D eigenvalue weighted by Gasteiger charge is 2.28. The summed E-state index contributed by atoms with van der Waals surface area (Å²) in [7, 11) is 0. The van der Waals surface area contributed by atoms with E-state index in [2.05, 4.69) is 4.98 Å². The molecule has 0 aliphatic carbocycles. The molecule has 1 aromatic heterocycles. The molecule has 1 rings (SSSR count). The predicted octanol–water partition coefficient (Wildman–Crippen LogP) is 2.08. The summed E-state index contributed by atoms with van der Waals surface area (Å²) in [5.74, 6) is 0. The summed E-state index contributed by atoms with van der Waals surface area (Å²) in [6.07, 6.45) is -5.51. The number of aromatic amines is 1. The monoisotopic (exact) mass is 303 g/mol. The lowest BCUT2D eigenvalue weighted by molar-refractivity contribution is -0.127. The van der Waals surface area contributed by atoms with Gasteiger partial charge in [-0.3, -0.25) is 4.79 Å². The van der Waals surface area contributed by atoms with E-state index in [4.69, 9.17) is 0 Å². The maximum Gasteiger partial charge on any atom is 0.393 e. The van der Waals surface area contributed by atoms with Gasteiger partial charge in [0.1, 0.15) is 0 Å². The molecule has 1 heterocycles. The molecule has 0 fully saturated rings. The van der Waals surface area contributed by atoms with Gasteiger partial charge in [0.2, 0.25) is 0 Å². The first-order valence-corrected chi connectivity index (χ1v) is 4.41. The van der Waals surface area contributed by atoms with Crippen molar-refractivity contribution in [2.45, 2.75) is 12.6 Å². The van der Waals surface area contributed by atoms with E-state index in [1.807, 2.05) is 22.6 Å². The third-order valence-electron chi connectivity index (χ3n) is 1.35. The SMILES string of the molecule is O=c1[nH]c(I)ccc1CC(F)(F)F. The summed E-state index contributed by atoms with van der Waals surface area (Å²) in [6.45, 7) is 0. The fraction of sp³-hybridized carbons (Fsp3) is 0.286. The standard InChI is InChI=1S/C7H5F3INO/c8-7(9,10)3-4-1-2-5(11)12-6(4)13/h1-2H,3H2,(H,12,13). The second kappa shape index (κ2) is 3.69. The van der Waals surface area contributed by atoms with Crippen LogP contribution in [0.15, 0.2) is 16.9 Å². The van der Waals surface area contributed by atoms with Crippen molar-refractivity contribution in [3.05, 3.63) is 31.8 Å². The van der Waals surface area contributed by atoms with Gasteiger partial charge in [-0.05, 0) is 28.7 Å². The van der Waals surface area contributed by atoms with E-state index in [1.165, 1.54) is 12.1 Å². The summed E-state index contributed by atoms with van der Waals surface area (Å²) >= 11 is 1.82. The molecular weight excluding hydrogens is 298 g/mol. The average Bonchev–Trinajstić information content (AvgIpc) is 1.93. The van der Waals surface area contributed by atoms with Gasteiger partial charge in [0, 0.05) is 5.56 Å². The molecule has 0 aromatic carbocycles. The topological polar surface area (TPSA) is 32.9 Å². The second-order valence-corrected chi connectivity index (χ2v) is 3.61. The first-order valence-electron chi connectivity index (χ1n) is 3.33. The Labute approximate surface area is 85.3 Å². The molecule has 2 nitrogen and oxygen atoms in total. The number of aromatic nitrogens is 1. The fourth-order valence-corrected chi connectivity index (χ4v) is 1.26. The van der Waals surface area contributed by atoms with Gasteiger partial charge >= 0.3 is 6.18 Å². The van der Waals surface area contributed by atoms with E-state index >= 15 is 0 Å². The zero-order valence-electron chi connectivity index (χ0n) is 6.28. The minimum absolute atomic E-state index is 0.257. The minimum atomic E-state index is -4.33. The summed E-state index contributed by atoms with van der Waals surface area (Å²) in [6, 6.07) is 2.62. The van der Waals surface area contributed by atoms with E-state index < -0.39 is 18.2 Å². The van der Waals surface area contributed by atoms with Crippen molar-refractivity contribution in [3.8, 4) is 0 Å². The van der Waals surface area contributed by atoms with Crippen LogP contribution in [0.4, 0.5) is 13.2 Å². The first kappa shape index (κ1) is 10.6. The molecule has 0 aliphatic rings. The van der Waals surface area contributed by atoms with Crippen molar-refractivity contribution in [2.24, 2.45) is 0 Å². The highest BCUT2D eigenvalue weighted by atomic mass is 127. The van der Waals surface area contributed by atoms with E-state index in [0.717, 1.165) is 0 Å². The molecule has 0 unspecified atom stereocenters. The van der Waals surface area contributed by atoms with Crippen LogP contribution in [0.5, 0.6) is 0 Å². The number of hydrogen-bond donors (Lipinski definition) is 1. The number of H-pyrrole nitrogens is 1. The molecule has 72 valence electrons. The molecule has 1 aromatic rings. The van der Waals surface area contributed by atoms with E-state index in [-0.39, 0.29) is 5.56 Å². The van der Waals surface area contributed by atoms with Crippen LogP contribution in [0.2, 0.25) is 0 Å². The highest BCUT2D eigenvalue weighted by Crippen LogP contribution is 2.19. The quantitative estimate of drug-likeness (QED) is 0.625. The summed E-state index contributed by atoms with van der Waals surface area (Å²) in [4.78, 5) is 13.2. The van der Waals surface area contributed by atoms with Gasteiger partial charge in [-0.2, -0.15) is 13.2 Å². The smallest absolute Gasteiger partial charge is 0.317 e. The highest BCUT2D eigenvalue weighted by molar-refractivity contribution is 14.1. The molecule has 0 bridgehead atoms. The summed E-state index contributed by atoms with van der Waals surface area (Å²) < 4.78 is 36.1. The van der Waals surface area contributed by atoms with Gasteiger partial charge in [0.25, 0.3) is 5.56 Å². The molecule has 0 saturated heterocycles. The molecule has 0 aliphatic heterocycles. The number of rotatable bonds is 1. The Hall–Kier alpha value is -0.530. The minimum Gasteiger partial charge on any atom is -0.317 e. The van der Waals surface area contributed by atoms with Crippen molar-refractivity contribution >= 4 is 22.6 Å². The number of nitrogens with one attached hydrogen (secondary N) is 1. The van der Waals surface area contributed by atoms with Crippen LogP contribution in [-0.2, 0) is 6.42 Å². The van der Waals surface area contributed by atoms with Crippen LogP contribution in [0.25, 0.3) is 0 Å². The van der Waals surface area contributed by atoms with Gasteiger partial charge < -0.3 is 4.98 Å². The zero-order valence-corrected chi connectivity index (χ0v) is 8.44. The predicted molar refractivity (Wildman–Crippen MR) is 49.5 cm³/mol. The molecular formula is C7H5F3INO. The molecule has 6 heteroatoms. The molecule has 0 atom stereocenters.